The van der Waals surface area contributed by atoms with E-state index >= 15 is 0 Å². The van der Waals surface area contributed by atoms with Crippen molar-refractivity contribution in [3.8, 4) is 0 Å². The second kappa shape index (κ2) is 8.69. The molecule has 0 aliphatic rings. The number of rotatable bonds is 7. The third-order valence-corrected chi connectivity index (χ3v) is 3.25. The molecule has 0 radical (unpaired) electrons. The number of nitrogens with one attached hydrogen (secondary N) is 1. The van der Waals surface area contributed by atoms with Gasteiger partial charge in [-0.15, -0.1) is 0 Å². The van der Waals surface area contributed by atoms with Gasteiger partial charge >= 0.3 is 0 Å². The minimum atomic E-state index is -0.234. The van der Waals surface area contributed by atoms with Gasteiger partial charge in [-0.1, -0.05) is 19.9 Å². The number of benzene rings is 1. The molecule has 1 aromatic carbocycles. The van der Waals surface area contributed by atoms with Crippen LogP contribution in [0.4, 0.5) is 4.39 Å². The van der Waals surface area contributed by atoms with Crippen LogP contribution in [0.5, 0.6) is 0 Å². The van der Waals surface area contributed by atoms with Gasteiger partial charge in [-0.3, -0.25) is 4.79 Å². The van der Waals surface area contributed by atoms with Gasteiger partial charge in [0.25, 0.3) is 0 Å². The maximum atomic E-state index is 13.4. The van der Waals surface area contributed by atoms with Crippen molar-refractivity contribution in [1.29, 1.82) is 0 Å². The molecule has 122 valence electrons. The van der Waals surface area contributed by atoms with Crippen LogP contribution in [0.2, 0.25) is 0 Å². The van der Waals surface area contributed by atoms with Gasteiger partial charge in [0.2, 0.25) is 5.91 Å². The van der Waals surface area contributed by atoms with E-state index in [1.807, 2.05) is 27.7 Å². The molecular formula is C18H26FNO2. The Hall–Kier alpha value is -1.68. The van der Waals surface area contributed by atoms with Crippen molar-refractivity contribution in [1.82, 2.24) is 5.32 Å². The number of ether oxygens (including phenoxy) is 1. The largest absolute Gasteiger partial charge is 0.377 e. The van der Waals surface area contributed by atoms with Gasteiger partial charge in [0.15, 0.2) is 0 Å². The highest BCUT2D eigenvalue weighted by molar-refractivity contribution is 5.95. The number of halogens is 1. The lowest BCUT2D eigenvalue weighted by molar-refractivity contribution is -0.116. The lowest BCUT2D eigenvalue weighted by atomic mass is 9.93. The van der Waals surface area contributed by atoms with Crippen LogP contribution in [0.15, 0.2) is 24.3 Å². The first kappa shape index (κ1) is 18.4. The van der Waals surface area contributed by atoms with E-state index < -0.39 is 0 Å². The van der Waals surface area contributed by atoms with E-state index in [9.17, 15) is 9.18 Å². The van der Waals surface area contributed by atoms with E-state index in [0.717, 1.165) is 11.1 Å². The zero-order valence-electron chi connectivity index (χ0n) is 14.1. The number of aryl methyl sites for hydroxylation is 1. The summed E-state index contributed by atoms with van der Waals surface area (Å²) in [4.78, 5) is 12.0. The van der Waals surface area contributed by atoms with Crippen molar-refractivity contribution in [3.05, 3.63) is 41.2 Å². The zero-order valence-corrected chi connectivity index (χ0v) is 14.1. The molecule has 0 atom stereocenters. The highest BCUT2D eigenvalue weighted by Gasteiger charge is 2.10. The molecule has 1 rings (SSSR count). The lowest BCUT2D eigenvalue weighted by Crippen LogP contribution is -2.26. The molecule has 4 heteroatoms. The summed E-state index contributed by atoms with van der Waals surface area (Å²) < 4.78 is 18.8. The van der Waals surface area contributed by atoms with Crippen LogP contribution in [0, 0.1) is 18.7 Å². The van der Waals surface area contributed by atoms with E-state index in [4.69, 9.17) is 4.74 Å². The third kappa shape index (κ3) is 5.98. The van der Waals surface area contributed by atoms with Crippen LogP contribution in [-0.4, -0.2) is 25.2 Å². The quantitative estimate of drug-likeness (QED) is 0.616. The molecule has 1 N–H and O–H groups in total. The molecule has 0 bridgehead atoms. The van der Waals surface area contributed by atoms with Crippen molar-refractivity contribution in [2.45, 2.75) is 40.7 Å². The number of amides is 1. The number of carbonyl (C=O) groups excluding carboxylic acids is 1. The Morgan fingerprint density at radius 2 is 2.00 bits per heavy atom. The minimum absolute atomic E-state index is 0.154. The third-order valence-electron chi connectivity index (χ3n) is 3.25. The minimum Gasteiger partial charge on any atom is -0.377 e. The predicted molar refractivity (Wildman–Crippen MR) is 88.0 cm³/mol. The van der Waals surface area contributed by atoms with Crippen molar-refractivity contribution < 1.29 is 13.9 Å². The van der Waals surface area contributed by atoms with Gasteiger partial charge in [0.05, 0.1) is 12.7 Å². The van der Waals surface area contributed by atoms with Crippen LogP contribution in [0.3, 0.4) is 0 Å². The zero-order chi connectivity index (χ0) is 16.7. The average Bonchev–Trinajstić information content (AvgIpc) is 2.43. The molecule has 0 unspecified atom stereocenters. The highest BCUT2D eigenvalue weighted by Crippen LogP contribution is 2.24. The summed E-state index contributed by atoms with van der Waals surface area (Å²) in [6.45, 7) is 10.6. The first-order valence-corrected chi connectivity index (χ1v) is 7.68. The Bertz CT molecular complexity index is 536. The molecule has 1 aromatic rings. The topological polar surface area (TPSA) is 38.3 Å². The first-order valence-electron chi connectivity index (χ1n) is 7.68. The Kier molecular flexibility index (Phi) is 7.25. The maximum Gasteiger partial charge on any atom is 0.244 e. The standard InChI is InChI=1S/C18H26FNO2/c1-12(2)16(15-6-7-17(19)14(5)10-15)11-18(21)20-8-9-22-13(3)4/h6-7,10-13H,8-9H2,1-5H3,(H,20,21)/b16-11+. The molecule has 0 aliphatic carbocycles. The van der Waals surface area contributed by atoms with Gasteiger partial charge in [0, 0.05) is 12.6 Å². The Labute approximate surface area is 132 Å². The molecule has 0 aromatic heterocycles. The van der Waals surface area contributed by atoms with Gasteiger partial charge in [-0.2, -0.15) is 0 Å². The van der Waals surface area contributed by atoms with Crippen molar-refractivity contribution in [3.63, 3.8) is 0 Å². The van der Waals surface area contributed by atoms with E-state index in [0.29, 0.717) is 18.7 Å². The molecule has 0 aliphatic heterocycles. The van der Waals surface area contributed by atoms with Crippen LogP contribution in [-0.2, 0) is 9.53 Å². The Balaban J connectivity index is 2.77. The molecule has 0 spiro atoms. The van der Waals surface area contributed by atoms with Crippen LogP contribution in [0.25, 0.3) is 5.57 Å². The van der Waals surface area contributed by atoms with E-state index in [1.165, 1.54) is 6.07 Å². The van der Waals surface area contributed by atoms with Crippen molar-refractivity contribution >= 4 is 11.5 Å². The van der Waals surface area contributed by atoms with Crippen LogP contribution in [0.1, 0.15) is 38.8 Å². The molecular weight excluding hydrogens is 281 g/mol. The summed E-state index contributed by atoms with van der Waals surface area (Å²) in [7, 11) is 0. The molecule has 3 nitrogen and oxygen atoms in total. The SMILES string of the molecule is Cc1cc(/C(=C/C(=O)NCCOC(C)C)C(C)C)ccc1F. The molecule has 0 saturated carbocycles. The van der Waals surface area contributed by atoms with Crippen LogP contribution < -0.4 is 5.32 Å². The number of allylic oxidation sites excluding steroid dienone is 1. The summed E-state index contributed by atoms with van der Waals surface area (Å²) in [5, 5.41) is 2.80. The fourth-order valence-electron chi connectivity index (χ4n) is 2.07. The summed E-state index contributed by atoms with van der Waals surface area (Å²) >= 11 is 0. The average molecular weight is 307 g/mol. The predicted octanol–water partition coefficient (Wildman–Crippen LogP) is 3.71. The first-order chi connectivity index (χ1) is 10.3. The number of hydrogen-bond acceptors (Lipinski definition) is 2. The second-order valence-electron chi connectivity index (χ2n) is 5.93. The summed E-state index contributed by atoms with van der Waals surface area (Å²) in [5.41, 5.74) is 2.35. The van der Waals surface area contributed by atoms with Gasteiger partial charge in [0.1, 0.15) is 5.82 Å². The smallest absolute Gasteiger partial charge is 0.244 e. The molecule has 0 heterocycles. The lowest BCUT2D eigenvalue weighted by Gasteiger charge is -2.13. The molecule has 22 heavy (non-hydrogen) atoms. The number of hydrogen-bond donors (Lipinski definition) is 1. The van der Waals surface area contributed by atoms with Gasteiger partial charge in [-0.25, -0.2) is 4.39 Å². The highest BCUT2D eigenvalue weighted by atomic mass is 19.1. The summed E-state index contributed by atoms with van der Waals surface area (Å²) in [6.07, 6.45) is 1.74. The molecule has 0 fully saturated rings. The van der Waals surface area contributed by atoms with Crippen molar-refractivity contribution in [2.75, 3.05) is 13.2 Å². The molecule has 1 amide bonds. The fraction of sp³-hybridized carbons (Fsp3) is 0.500. The summed E-state index contributed by atoms with van der Waals surface area (Å²) in [6, 6.07) is 4.93. The van der Waals surface area contributed by atoms with E-state index in [-0.39, 0.29) is 23.7 Å². The normalized spacial score (nSPS) is 12.1. The monoisotopic (exact) mass is 307 g/mol. The fourth-order valence-corrected chi connectivity index (χ4v) is 2.07. The second-order valence-corrected chi connectivity index (χ2v) is 5.93. The summed E-state index contributed by atoms with van der Waals surface area (Å²) in [5.74, 6) is -0.220. The van der Waals surface area contributed by atoms with Crippen LogP contribution >= 0.6 is 0 Å². The number of carbonyl (C=O) groups is 1. The maximum absolute atomic E-state index is 13.4. The van der Waals surface area contributed by atoms with E-state index in [1.54, 1.807) is 25.1 Å². The molecule has 0 saturated heterocycles. The Morgan fingerprint density at radius 3 is 2.55 bits per heavy atom. The van der Waals surface area contributed by atoms with Gasteiger partial charge < -0.3 is 10.1 Å². The van der Waals surface area contributed by atoms with Crippen molar-refractivity contribution in [2.24, 2.45) is 5.92 Å². The van der Waals surface area contributed by atoms with E-state index in [2.05, 4.69) is 5.32 Å². The van der Waals surface area contributed by atoms with Gasteiger partial charge in [-0.05, 0) is 55.5 Å². The Morgan fingerprint density at radius 1 is 1.32 bits per heavy atom.